The van der Waals surface area contributed by atoms with Crippen LogP contribution in [-0.4, -0.2) is 12.2 Å². The molecular weight excluding hydrogens is 64.0 g/mol. The van der Waals surface area contributed by atoms with E-state index >= 15 is 0 Å². The van der Waals surface area contributed by atoms with Crippen LogP contribution in [0.2, 0.25) is 0 Å². The summed E-state index contributed by atoms with van der Waals surface area (Å²) in [5, 5.41) is 0. The van der Waals surface area contributed by atoms with Crippen molar-refractivity contribution < 1.29 is 7.48 Å². The third kappa shape index (κ3) is 0.428. The van der Waals surface area contributed by atoms with Crippen molar-refractivity contribution in [3.8, 4) is 0 Å². The van der Waals surface area contributed by atoms with Crippen molar-refractivity contribution in [3.63, 3.8) is 0 Å². The molecule has 0 bridgehead atoms. The van der Waals surface area contributed by atoms with Gasteiger partial charge in [0.2, 0.25) is 0 Å². The molecule has 1 nitrogen and oxygen atoms in total. The summed E-state index contributed by atoms with van der Waals surface area (Å²) in [5.41, 5.74) is 0. The van der Waals surface area contributed by atoms with E-state index in [9.17, 15) is 0 Å². The van der Waals surface area contributed by atoms with Crippen LogP contribution in [0.25, 0.3) is 0 Å². The molecule has 0 unspecified atom stereocenters. The zero-order chi connectivity index (χ0) is 5.71. The van der Waals surface area contributed by atoms with Crippen molar-refractivity contribution in [1.29, 1.82) is 0 Å². The SMILES string of the molecule is [2H][C@@]1(C)O[C@@]1([2H])C. The fraction of sp³-hybridized carbons (Fsp3) is 1.00. The lowest BCUT2D eigenvalue weighted by molar-refractivity contribution is 0.389. The fourth-order valence-electron chi connectivity index (χ4n) is 0.204. The highest BCUT2D eigenvalue weighted by Crippen LogP contribution is 2.18. The topological polar surface area (TPSA) is 12.5 Å². The summed E-state index contributed by atoms with van der Waals surface area (Å²) >= 11 is 0. The van der Waals surface area contributed by atoms with Crippen LogP contribution in [0.3, 0.4) is 0 Å². The Balaban J connectivity index is 2.59. The highest BCUT2D eigenvalue weighted by Gasteiger charge is 2.27. The molecule has 1 aliphatic heterocycles. The van der Waals surface area contributed by atoms with Crippen LogP contribution in [0.15, 0.2) is 0 Å². The van der Waals surface area contributed by atoms with Gasteiger partial charge in [0.1, 0.15) is 0 Å². The van der Waals surface area contributed by atoms with Gasteiger partial charge in [-0.1, -0.05) is 0 Å². The van der Waals surface area contributed by atoms with E-state index in [0.29, 0.717) is 0 Å². The summed E-state index contributed by atoms with van der Waals surface area (Å²) < 4.78 is 18.7. The van der Waals surface area contributed by atoms with E-state index in [0.717, 1.165) is 0 Å². The molecule has 30 valence electrons. The molecule has 1 heteroatoms. The Morgan fingerprint density at radius 2 is 1.80 bits per heavy atom. The molecule has 1 fully saturated rings. The normalized spacial score (nSPS) is 84.4. The second-order valence-corrected chi connectivity index (χ2v) is 1.21. The average molecular weight is 74.1 g/mol. The Morgan fingerprint density at radius 3 is 1.80 bits per heavy atom. The van der Waals surface area contributed by atoms with Crippen LogP contribution in [0.4, 0.5) is 0 Å². The highest BCUT2D eigenvalue weighted by molar-refractivity contribution is 4.73. The van der Waals surface area contributed by atoms with Gasteiger partial charge in [-0.15, -0.1) is 0 Å². The van der Waals surface area contributed by atoms with E-state index in [1.165, 1.54) is 0 Å². The van der Waals surface area contributed by atoms with Gasteiger partial charge in [-0.25, -0.2) is 0 Å². The molecule has 5 heavy (non-hydrogen) atoms. The van der Waals surface area contributed by atoms with Gasteiger partial charge in [0, 0.05) is 0 Å². The molecule has 0 aromatic rings. The zero-order valence-corrected chi connectivity index (χ0v) is 3.41. The van der Waals surface area contributed by atoms with Gasteiger partial charge in [-0.05, 0) is 13.8 Å². The molecule has 2 atom stereocenters. The summed E-state index contributed by atoms with van der Waals surface area (Å²) in [5.74, 6) is 0. The lowest BCUT2D eigenvalue weighted by atomic mass is 10.4. The number of rotatable bonds is 0. The molecule has 1 heterocycles. The van der Waals surface area contributed by atoms with Gasteiger partial charge in [-0.3, -0.25) is 0 Å². The van der Waals surface area contributed by atoms with Crippen LogP contribution in [-0.2, 0) is 4.74 Å². The van der Waals surface area contributed by atoms with Gasteiger partial charge >= 0.3 is 0 Å². The molecule has 0 aromatic heterocycles. The largest absolute Gasteiger partial charge is 0.370 e. The van der Waals surface area contributed by atoms with Crippen molar-refractivity contribution in [1.82, 2.24) is 0 Å². The van der Waals surface area contributed by atoms with Crippen LogP contribution in [0, 0.1) is 0 Å². The molecule has 1 rings (SSSR count). The molecule has 0 aliphatic carbocycles. The summed E-state index contributed by atoms with van der Waals surface area (Å²) in [6, 6.07) is 0. The summed E-state index contributed by atoms with van der Waals surface area (Å²) in [4.78, 5) is 0. The minimum Gasteiger partial charge on any atom is -0.370 e. The monoisotopic (exact) mass is 74.1 g/mol. The minimum atomic E-state index is -0.938. The van der Waals surface area contributed by atoms with Crippen molar-refractivity contribution in [3.05, 3.63) is 0 Å². The molecule has 0 aromatic carbocycles. The number of hydrogen-bond donors (Lipinski definition) is 0. The molecular formula is C4H8O. The standard InChI is InChI=1S/C4H8O/c1-3-4(2)5-3/h3-4H,1-2H3/t3-,4-/m0/s1/i3D,4D. The molecule has 0 radical (unpaired) electrons. The maximum atomic E-state index is 7.04. The minimum absolute atomic E-state index is 0.938. The van der Waals surface area contributed by atoms with E-state index in [4.69, 9.17) is 2.74 Å². The third-order valence-corrected chi connectivity index (χ3v) is 0.760. The zero-order valence-electron chi connectivity index (χ0n) is 5.41. The maximum Gasteiger partial charge on any atom is 0.0811 e. The van der Waals surface area contributed by atoms with Gasteiger partial charge in [0.15, 0.2) is 0 Å². The predicted octanol–water partition coefficient (Wildman–Crippen LogP) is 0.794. The molecule has 1 saturated heterocycles. The Kier molecular flexibility index (Phi) is 0.230. The third-order valence-electron chi connectivity index (χ3n) is 0.760. The lowest BCUT2D eigenvalue weighted by Gasteiger charge is -1.57. The van der Waals surface area contributed by atoms with Gasteiger partial charge in [0.25, 0.3) is 0 Å². The first-order valence-corrected chi connectivity index (χ1v) is 1.66. The Hall–Kier alpha value is -0.0400. The van der Waals surface area contributed by atoms with E-state index in [1.807, 2.05) is 0 Å². The second kappa shape index (κ2) is 0.716. The predicted molar refractivity (Wildman–Crippen MR) is 20.0 cm³/mol. The number of hydrogen-bond acceptors (Lipinski definition) is 1. The Morgan fingerprint density at radius 1 is 1.60 bits per heavy atom. The first kappa shape index (κ1) is 1.61. The Bertz CT molecular complexity index is 85.9. The van der Waals surface area contributed by atoms with Gasteiger partial charge < -0.3 is 4.74 Å². The number of ether oxygens (including phenoxy) is 1. The maximum absolute atomic E-state index is 7.04. The number of epoxide rings is 1. The molecule has 0 saturated carbocycles. The van der Waals surface area contributed by atoms with Crippen molar-refractivity contribution in [2.24, 2.45) is 0 Å². The van der Waals surface area contributed by atoms with Gasteiger partial charge in [0.05, 0.1) is 14.9 Å². The second-order valence-electron chi connectivity index (χ2n) is 1.21. The van der Waals surface area contributed by atoms with Crippen LogP contribution in [0.5, 0.6) is 0 Å². The summed E-state index contributed by atoms with van der Waals surface area (Å²) in [6.45, 7) is 3.17. The quantitative estimate of drug-likeness (QED) is 0.387. The molecule has 0 spiro atoms. The van der Waals surface area contributed by atoms with Crippen molar-refractivity contribution in [2.75, 3.05) is 0 Å². The lowest BCUT2D eigenvalue weighted by Crippen LogP contribution is -1.74. The van der Waals surface area contributed by atoms with E-state index < -0.39 is 12.2 Å². The highest BCUT2D eigenvalue weighted by atomic mass is 16.6. The first-order valence-electron chi connectivity index (χ1n) is 2.66. The van der Waals surface area contributed by atoms with E-state index in [2.05, 4.69) is 4.74 Å². The van der Waals surface area contributed by atoms with E-state index in [1.54, 1.807) is 13.8 Å². The summed E-state index contributed by atoms with van der Waals surface area (Å²) in [6.07, 6.45) is -1.88. The van der Waals surface area contributed by atoms with Crippen LogP contribution < -0.4 is 0 Å². The van der Waals surface area contributed by atoms with Crippen LogP contribution >= 0.6 is 0 Å². The molecule has 0 N–H and O–H groups in total. The fourth-order valence-corrected chi connectivity index (χ4v) is 0.204. The van der Waals surface area contributed by atoms with Gasteiger partial charge in [-0.2, -0.15) is 0 Å². The first-order chi connectivity index (χ1) is 2.96. The molecule has 1 aliphatic rings. The van der Waals surface area contributed by atoms with Crippen molar-refractivity contribution >= 4 is 0 Å². The van der Waals surface area contributed by atoms with E-state index in [-0.39, 0.29) is 0 Å². The summed E-state index contributed by atoms with van der Waals surface area (Å²) in [7, 11) is 0. The molecule has 0 amide bonds. The Labute approximate surface area is 34.8 Å². The average Bonchev–Trinajstić information content (AvgIpc) is 1.63. The van der Waals surface area contributed by atoms with Crippen LogP contribution in [0.1, 0.15) is 16.6 Å². The van der Waals surface area contributed by atoms with Crippen molar-refractivity contribution in [2.45, 2.75) is 26.0 Å². The smallest absolute Gasteiger partial charge is 0.0811 e.